The van der Waals surface area contributed by atoms with E-state index in [1.165, 1.54) is 30.3 Å². The smallest absolute Gasteiger partial charge is 0.323 e. The molecule has 4 aromatic rings. The molecule has 0 N–H and O–H groups in total. The van der Waals surface area contributed by atoms with Gasteiger partial charge in [0.25, 0.3) is 0 Å². The zero-order chi connectivity index (χ0) is 32.2. The highest BCUT2D eigenvalue weighted by Crippen LogP contribution is 2.39. The third kappa shape index (κ3) is 7.12. The Balaban J connectivity index is 1.06. The van der Waals surface area contributed by atoms with Crippen LogP contribution in [0.2, 0.25) is 0 Å². The standard InChI is InChI=1S/C40H50N4O3/c1-29-41-37-15-9-10-16-38(37)44(29)34-21-23-42(24-22-34)25-33-26-43(27-36(33)31-11-5-3-6-12-31)39(32-13-7-4-8-14-32)40(45)47-28-30-17-19-35(46-2)20-18-30/h3,5-6,9-12,15-20,32-34,36,39H,4,7-8,13-14,21-28H2,1-2H3/t33-,36+,39+/m0/s1. The molecule has 1 saturated carbocycles. The molecule has 3 aromatic carbocycles. The third-order valence-electron chi connectivity index (χ3n) is 11.2. The van der Waals surface area contributed by atoms with Crippen LogP contribution in [0.4, 0.5) is 0 Å². The van der Waals surface area contributed by atoms with Crippen molar-refractivity contribution in [1.82, 2.24) is 19.4 Å². The molecule has 47 heavy (non-hydrogen) atoms. The Kier molecular flexibility index (Phi) is 9.92. The van der Waals surface area contributed by atoms with Gasteiger partial charge in [0, 0.05) is 44.7 Å². The number of hydrogen-bond acceptors (Lipinski definition) is 6. The first-order valence-electron chi connectivity index (χ1n) is 17.8. The molecule has 3 aliphatic rings. The number of carbonyl (C=O) groups is 1. The van der Waals surface area contributed by atoms with Crippen LogP contribution in [0.3, 0.4) is 0 Å². The summed E-state index contributed by atoms with van der Waals surface area (Å²) >= 11 is 0. The van der Waals surface area contributed by atoms with Crippen LogP contribution in [0, 0.1) is 18.8 Å². The number of benzene rings is 3. The topological polar surface area (TPSA) is 59.8 Å². The van der Waals surface area contributed by atoms with Crippen molar-refractivity contribution in [2.24, 2.45) is 11.8 Å². The third-order valence-corrected chi connectivity index (χ3v) is 11.2. The number of methoxy groups -OCH3 is 1. The van der Waals surface area contributed by atoms with E-state index in [4.69, 9.17) is 14.5 Å². The first kappa shape index (κ1) is 31.9. The molecular formula is C40H50N4O3. The van der Waals surface area contributed by atoms with E-state index in [1.807, 2.05) is 24.3 Å². The summed E-state index contributed by atoms with van der Waals surface area (Å²) in [6.07, 6.45) is 8.15. The summed E-state index contributed by atoms with van der Waals surface area (Å²) in [6, 6.07) is 27.7. The number of ether oxygens (including phenoxy) is 2. The van der Waals surface area contributed by atoms with Crippen LogP contribution in [-0.4, -0.2) is 71.2 Å². The lowest BCUT2D eigenvalue weighted by atomic mass is 9.83. The molecule has 3 heterocycles. The monoisotopic (exact) mass is 634 g/mol. The van der Waals surface area contributed by atoms with E-state index in [9.17, 15) is 4.79 Å². The molecule has 0 radical (unpaired) electrons. The summed E-state index contributed by atoms with van der Waals surface area (Å²) in [5.41, 5.74) is 4.74. The molecule has 0 spiro atoms. The lowest BCUT2D eigenvalue weighted by Gasteiger charge is -2.36. The van der Waals surface area contributed by atoms with Gasteiger partial charge in [-0.05, 0) is 79.8 Å². The average Bonchev–Trinajstić information content (AvgIpc) is 3.68. The molecule has 1 aliphatic carbocycles. The number of esters is 1. The van der Waals surface area contributed by atoms with Gasteiger partial charge in [0.15, 0.2) is 0 Å². The molecule has 0 bridgehead atoms. The number of para-hydroxylation sites is 2. The van der Waals surface area contributed by atoms with Gasteiger partial charge < -0.3 is 18.9 Å². The molecule has 248 valence electrons. The minimum Gasteiger partial charge on any atom is -0.497 e. The minimum atomic E-state index is -0.187. The quantitative estimate of drug-likeness (QED) is 0.170. The second kappa shape index (κ2) is 14.6. The maximum Gasteiger partial charge on any atom is 0.323 e. The molecular weight excluding hydrogens is 584 g/mol. The predicted molar refractivity (Wildman–Crippen MR) is 187 cm³/mol. The fourth-order valence-corrected chi connectivity index (χ4v) is 8.76. The first-order chi connectivity index (χ1) is 23.1. The van der Waals surface area contributed by atoms with E-state index in [1.54, 1.807) is 7.11 Å². The maximum absolute atomic E-state index is 14.0. The summed E-state index contributed by atoms with van der Waals surface area (Å²) < 4.78 is 13.9. The van der Waals surface area contributed by atoms with Gasteiger partial charge in [0.1, 0.15) is 24.2 Å². The predicted octanol–water partition coefficient (Wildman–Crippen LogP) is 7.40. The van der Waals surface area contributed by atoms with E-state index in [0.717, 1.165) is 81.1 Å². The van der Waals surface area contributed by atoms with Crippen molar-refractivity contribution in [3.63, 3.8) is 0 Å². The Labute approximate surface area is 279 Å². The van der Waals surface area contributed by atoms with E-state index in [-0.39, 0.29) is 12.0 Å². The van der Waals surface area contributed by atoms with Crippen molar-refractivity contribution < 1.29 is 14.3 Å². The van der Waals surface area contributed by atoms with E-state index < -0.39 is 0 Å². The Morgan fingerprint density at radius 1 is 0.872 bits per heavy atom. The fraction of sp³-hybridized carbons (Fsp3) is 0.500. The van der Waals surface area contributed by atoms with Gasteiger partial charge in [-0.15, -0.1) is 0 Å². The summed E-state index contributed by atoms with van der Waals surface area (Å²) in [4.78, 5) is 24.1. The Hall–Kier alpha value is -3.68. The van der Waals surface area contributed by atoms with Gasteiger partial charge in [0.2, 0.25) is 0 Å². The van der Waals surface area contributed by atoms with Crippen molar-refractivity contribution in [3.05, 3.63) is 95.8 Å². The Bertz CT molecular complexity index is 1610. The van der Waals surface area contributed by atoms with Gasteiger partial charge in [0.05, 0.1) is 18.1 Å². The van der Waals surface area contributed by atoms with Crippen LogP contribution in [-0.2, 0) is 16.1 Å². The Morgan fingerprint density at radius 3 is 2.34 bits per heavy atom. The van der Waals surface area contributed by atoms with Crippen LogP contribution >= 0.6 is 0 Å². The maximum atomic E-state index is 14.0. The van der Waals surface area contributed by atoms with Crippen LogP contribution in [0.5, 0.6) is 5.75 Å². The molecule has 0 unspecified atom stereocenters. The van der Waals surface area contributed by atoms with Gasteiger partial charge >= 0.3 is 5.97 Å². The van der Waals surface area contributed by atoms with Crippen molar-refractivity contribution >= 4 is 17.0 Å². The molecule has 7 nitrogen and oxygen atoms in total. The molecule has 2 aliphatic heterocycles. The largest absolute Gasteiger partial charge is 0.497 e. The fourth-order valence-electron chi connectivity index (χ4n) is 8.76. The molecule has 1 aromatic heterocycles. The molecule has 0 amide bonds. The lowest BCUT2D eigenvalue weighted by Crippen LogP contribution is -2.47. The van der Waals surface area contributed by atoms with Gasteiger partial charge in [-0.3, -0.25) is 9.69 Å². The number of imidazole rings is 1. The highest BCUT2D eigenvalue weighted by molar-refractivity contribution is 5.77. The number of nitrogens with zero attached hydrogens (tertiary/aromatic N) is 4. The lowest BCUT2D eigenvalue weighted by molar-refractivity contribution is -0.154. The second-order valence-corrected chi connectivity index (χ2v) is 14.1. The average molecular weight is 635 g/mol. The van der Waals surface area contributed by atoms with Gasteiger partial charge in [-0.2, -0.15) is 0 Å². The summed E-state index contributed by atoms with van der Waals surface area (Å²) in [6.45, 7) is 7.52. The second-order valence-electron chi connectivity index (χ2n) is 14.1. The van der Waals surface area contributed by atoms with Crippen molar-refractivity contribution in [2.45, 2.75) is 76.5 Å². The van der Waals surface area contributed by atoms with Crippen molar-refractivity contribution in [1.29, 1.82) is 0 Å². The summed E-state index contributed by atoms with van der Waals surface area (Å²) in [5, 5.41) is 0. The number of rotatable bonds is 10. The van der Waals surface area contributed by atoms with Crippen LogP contribution in [0.1, 0.15) is 73.9 Å². The normalized spacial score (nSPS) is 22.4. The number of likely N-dealkylation sites (tertiary alicyclic amines) is 2. The highest BCUT2D eigenvalue weighted by atomic mass is 16.5. The van der Waals surface area contributed by atoms with Crippen molar-refractivity contribution in [2.75, 3.05) is 39.8 Å². The molecule has 7 heteroatoms. The van der Waals surface area contributed by atoms with Gasteiger partial charge in [-0.25, -0.2) is 4.98 Å². The highest BCUT2D eigenvalue weighted by Gasteiger charge is 2.44. The van der Waals surface area contributed by atoms with Crippen LogP contribution in [0.15, 0.2) is 78.9 Å². The molecule has 3 atom stereocenters. The van der Waals surface area contributed by atoms with E-state index in [0.29, 0.717) is 30.4 Å². The Morgan fingerprint density at radius 2 is 1.60 bits per heavy atom. The number of carbonyl (C=O) groups excluding carboxylic acids is 1. The van der Waals surface area contributed by atoms with Crippen molar-refractivity contribution in [3.8, 4) is 5.75 Å². The number of aromatic nitrogens is 2. The van der Waals surface area contributed by atoms with Crippen LogP contribution < -0.4 is 4.74 Å². The number of fused-ring (bicyclic) bond motifs is 1. The number of aryl methyl sites for hydroxylation is 1. The summed E-state index contributed by atoms with van der Waals surface area (Å²) in [5.74, 6) is 3.09. The molecule has 2 saturated heterocycles. The van der Waals surface area contributed by atoms with Gasteiger partial charge in [-0.1, -0.05) is 73.9 Å². The van der Waals surface area contributed by atoms with E-state index >= 15 is 0 Å². The minimum absolute atomic E-state index is 0.0519. The molecule has 7 rings (SSSR count). The SMILES string of the molecule is COc1ccc(COC(=O)[C@@H](C2CCCCC2)N2C[C@H](CN3CCC(n4c(C)nc5ccccc54)CC3)[C@@H](c3ccccc3)C2)cc1. The summed E-state index contributed by atoms with van der Waals surface area (Å²) in [7, 11) is 1.67. The number of hydrogen-bond donors (Lipinski definition) is 0. The zero-order valence-electron chi connectivity index (χ0n) is 28.1. The first-order valence-corrected chi connectivity index (χ1v) is 17.8. The number of piperidine rings is 1. The van der Waals surface area contributed by atoms with Crippen LogP contribution in [0.25, 0.3) is 11.0 Å². The zero-order valence-corrected chi connectivity index (χ0v) is 28.1. The van der Waals surface area contributed by atoms with E-state index in [2.05, 4.69) is 75.9 Å². The molecule has 3 fully saturated rings.